The van der Waals surface area contributed by atoms with Gasteiger partial charge in [-0.15, -0.1) is 22.7 Å². The lowest BCUT2D eigenvalue weighted by atomic mass is 9.76. The summed E-state index contributed by atoms with van der Waals surface area (Å²) in [6, 6.07) is 21.2. The maximum atomic E-state index is 12.9. The van der Waals surface area contributed by atoms with Gasteiger partial charge < -0.3 is 35.6 Å². The minimum atomic E-state index is -4.30. The maximum Gasteiger partial charge on any atom is 0.407 e. The van der Waals surface area contributed by atoms with Crippen LogP contribution in [0.2, 0.25) is 5.15 Å². The van der Waals surface area contributed by atoms with Crippen LogP contribution in [0.1, 0.15) is 65.1 Å². The summed E-state index contributed by atoms with van der Waals surface area (Å²) in [5, 5.41) is 7.01. The number of alkyl carbamates (subject to hydrolysis) is 2. The van der Waals surface area contributed by atoms with Crippen LogP contribution in [-0.4, -0.2) is 112 Å². The van der Waals surface area contributed by atoms with E-state index in [0.717, 1.165) is 33.8 Å². The fraction of sp³-hybridized carbons (Fsp3) is 0.451. The molecule has 2 fully saturated rings. The van der Waals surface area contributed by atoms with E-state index >= 15 is 0 Å². The van der Waals surface area contributed by atoms with Crippen molar-refractivity contribution in [3.8, 4) is 0 Å². The number of hydrogen-bond acceptors (Lipinski definition) is 13. The quantitative estimate of drug-likeness (QED) is 0.0780. The Balaban J connectivity index is 0.000000204. The summed E-state index contributed by atoms with van der Waals surface area (Å²) in [5.74, 6) is -0.414. The molecule has 0 unspecified atom stereocenters. The fourth-order valence-electron chi connectivity index (χ4n) is 9.04. The summed E-state index contributed by atoms with van der Waals surface area (Å²) in [4.78, 5) is 70.0. The predicted molar refractivity (Wildman–Crippen MR) is 274 cm³/mol. The highest BCUT2D eigenvalue weighted by atomic mass is 35.5. The summed E-state index contributed by atoms with van der Waals surface area (Å²) >= 11 is 7.72. The number of ether oxygens (including phenoxy) is 2. The summed E-state index contributed by atoms with van der Waals surface area (Å²) in [6.45, 7) is 0.367. The first-order chi connectivity index (χ1) is 35.5. The average Bonchev–Trinajstić information content (AvgIpc) is 3.96. The molecule has 6 atom stereocenters. The first-order valence-electron chi connectivity index (χ1n) is 23.9. The molecule has 2 aliphatic carbocycles. The topological polar surface area (TPSA) is 195 Å². The van der Waals surface area contributed by atoms with Crippen molar-refractivity contribution < 1.29 is 55.0 Å². The highest BCUT2D eigenvalue weighted by Crippen LogP contribution is 2.37. The van der Waals surface area contributed by atoms with E-state index < -0.39 is 37.4 Å². The van der Waals surface area contributed by atoms with E-state index in [-0.39, 0.29) is 75.8 Å². The standard InChI is InChI=1S/C26H29F3N4O3S.C17H25N3O3.C8H4ClF3N2S/c1-33(2)24(34)18-8-17(9-19(11-18)32-25(35)36-14-16-6-4-3-5-7-16)10-22-21-12-20(13-26(27,28)29)37-23(21)31-15-30-22;1-20(2)16(21)13-8-14(18)10-15(9-13)19-17(22)23-11-12-6-4-3-5-7-12;9-6-5-1-4(2-8(10,11)12)15-7(5)14-3-13-6/h3-7,12,15,17-19H,8-11,13-14H2,1-2H3,(H,32,35);3-7,13-15H,8-11,18H2,1-2H3,(H,19,22);1,3H,2H2/t17-,18+,19-;13-,14+,15-;/m10./s1. The SMILES string of the molecule is CN(C)C(=O)[C@H]1C[C@@H](Cc2ncnc3sc(CC(F)(F)F)cc23)C[C@@H](NC(=O)OCc2ccccc2)C1.CN(C)C(=O)[C@H]1C[C@@H](N)C[C@@H](NC(=O)OCc2ccccc2)C1.FC(F)(F)Cc1cc2c(Cl)ncnc2s1. The Labute approximate surface area is 442 Å². The van der Waals surface area contributed by atoms with E-state index in [0.29, 0.717) is 71.1 Å². The third kappa shape index (κ3) is 18.6. The summed E-state index contributed by atoms with van der Waals surface area (Å²) in [5.41, 5.74) is 8.49. The third-order valence-electron chi connectivity index (χ3n) is 12.2. The van der Waals surface area contributed by atoms with Crippen LogP contribution in [0, 0.1) is 17.8 Å². The zero-order valence-corrected chi connectivity index (χ0v) is 43.9. The van der Waals surface area contributed by atoms with E-state index in [1.807, 2.05) is 60.7 Å². The molecule has 0 saturated heterocycles. The molecule has 75 heavy (non-hydrogen) atoms. The minimum Gasteiger partial charge on any atom is -0.445 e. The predicted octanol–water partition coefficient (Wildman–Crippen LogP) is 10.1. The van der Waals surface area contributed by atoms with Gasteiger partial charge in [0, 0.05) is 78.7 Å². The van der Waals surface area contributed by atoms with Gasteiger partial charge in [-0.05, 0) is 74.1 Å². The normalized spacial score (nSPS) is 19.6. The van der Waals surface area contributed by atoms with Gasteiger partial charge in [0.2, 0.25) is 11.8 Å². The molecular weight excluding hydrogens is 1050 g/mol. The summed E-state index contributed by atoms with van der Waals surface area (Å²) in [7, 11) is 6.87. The molecule has 24 heteroatoms. The van der Waals surface area contributed by atoms with Crippen LogP contribution >= 0.6 is 34.3 Å². The van der Waals surface area contributed by atoms with Crippen LogP contribution in [0.3, 0.4) is 0 Å². The number of rotatable bonds is 12. The number of nitrogens with one attached hydrogen (secondary N) is 2. The van der Waals surface area contributed by atoms with E-state index in [1.54, 1.807) is 38.0 Å². The summed E-state index contributed by atoms with van der Waals surface area (Å²) < 4.78 is 85.7. The van der Waals surface area contributed by atoms with Crippen LogP contribution in [0.4, 0.5) is 35.9 Å². The number of carbonyl (C=O) groups excluding carboxylic acids is 4. The number of alkyl halides is 6. The Morgan fingerprint density at radius 1 is 0.640 bits per heavy atom. The fourth-order valence-corrected chi connectivity index (χ4v) is 11.4. The largest absolute Gasteiger partial charge is 0.445 e. The molecule has 15 nitrogen and oxygen atoms in total. The lowest BCUT2D eigenvalue weighted by Crippen LogP contribution is -2.48. The Morgan fingerprint density at radius 3 is 1.57 bits per heavy atom. The van der Waals surface area contributed by atoms with Gasteiger partial charge in [0.1, 0.15) is 40.7 Å². The second-order valence-corrected chi connectivity index (χ2v) is 21.4. The molecule has 0 bridgehead atoms. The van der Waals surface area contributed by atoms with E-state index in [2.05, 4.69) is 30.6 Å². The maximum absolute atomic E-state index is 12.9. The Hall–Kier alpha value is -6.17. The van der Waals surface area contributed by atoms with Crippen molar-refractivity contribution in [2.24, 2.45) is 23.5 Å². The number of carbonyl (C=O) groups is 4. The second kappa shape index (κ2) is 26.5. The number of halogens is 7. The number of aromatic nitrogens is 4. The molecule has 4 heterocycles. The molecule has 0 radical (unpaired) electrons. The minimum absolute atomic E-state index is 0.00820. The van der Waals surface area contributed by atoms with Gasteiger partial charge in [-0.2, -0.15) is 26.3 Å². The van der Waals surface area contributed by atoms with Crippen LogP contribution in [0.5, 0.6) is 0 Å². The molecule has 4 amide bonds. The molecule has 2 saturated carbocycles. The number of amides is 4. The van der Waals surface area contributed by atoms with Crippen molar-refractivity contribution in [1.82, 2.24) is 40.4 Å². The van der Waals surface area contributed by atoms with Crippen LogP contribution < -0.4 is 16.4 Å². The lowest BCUT2D eigenvalue weighted by Gasteiger charge is -2.35. The molecule has 0 spiro atoms. The molecule has 2 aliphatic rings. The number of benzene rings is 2. The molecule has 8 rings (SSSR count). The van der Waals surface area contributed by atoms with Gasteiger partial charge in [-0.3, -0.25) is 9.59 Å². The van der Waals surface area contributed by atoms with Crippen molar-refractivity contribution in [3.63, 3.8) is 0 Å². The van der Waals surface area contributed by atoms with Crippen LogP contribution in [0.15, 0.2) is 85.5 Å². The average molecular weight is 1110 g/mol. The molecular formula is C51H58ClF6N9O6S2. The molecule has 2 aromatic carbocycles. The highest BCUT2D eigenvalue weighted by Gasteiger charge is 2.37. The number of fused-ring (bicyclic) bond motifs is 2. The van der Waals surface area contributed by atoms with Gasteiger partial charge in [-0.25, -0.2) is 29.5 Å². The van der Waals surface area contributed by atoms with Crippen molar-refractivity contribution in [3.05, 3.63) is 117 Å². The smallest absolute Gasteiger partial charge is 0.407 e. The molecule has 404 valence electrons. The van der Waals surface area contributed by atoms with Crippen molar-refractivity contribution >= 4 is 78.7 Å². The second-order valence-electron chi connectivity index (χ2n) is 18.8. The number of nitrogens with two attached hydrogens (primary N) is 1. The zero-order valence-electron chi connectivity index (χ0n) is 41.5. The Bertz CT molecular complexity index is 2840. The van der Waals surface area contributed by atoms with Crippen molar-refractivity contribution in [2.45, 2.75) is 101 Å². The molecule has 6 aromatic rings. The lowest BCUT2D eigenvalue weighted by molar-refractivity contribution is -0.135. The first kappa shape index (κ1) is 58.1. The Morgan fingerprint density at radius 2 is 1.09 bits per heavy atom. The monoisotopic (exact) mass is 1110 g/mol. The van der Waals surface area contributed by atoms with Crippen molar-refractivity contribution in [2.75, 3.05) is 28.2 Å². The molecule has 4 N–H and O–H groups in total. The van der Waals surface area contributed by atoms with Crippen LogP contribution in [0.25, 0.3) is 20.4 Å². The van der Waals surface area contributed by atoms with Gasteiger partial charge in [0.15, 0.2) is 0 Å². The van der Waals surface area contributed by atoms with Gasteiger partial charge in [-0.1, -0.05) is 72.3 Å². The van der Waals surface area contributed by atoms with Gasteiger partial charge >= 0.3 is 24.5 Å². The van der Waals surface area contributed by atoms with Crippen molar-refractivity contribution in [1.29, 1.82) is 0 Å². The highest BCUT2D eigenvalue weighted by molar-refractivity contribution is 7.19. The zero-order chi connectivity index (χ0) is 54.5. The van der Waals surface area contributed by atoms with Gasteiger partial charge in [0.25, 0.3) is 0 Å². The van der Waals surface area contributed by atoms with Gasteiger partial charge in [0.05, 0.1) is 18.5 Å². The number of hydrogen-bond donors (Lipinski definition) is 3. The Kier molecular flexibility index (Phi) is 20.6. The van der Waals surface area contributed by atoms with E-state index in [1.165, 1.54) is 24.8 Å². The van der Waals surface area contributed by atoms with Crippen LogP contribution in [-0.2, 0) is 51.5 Å². The van der Waals surface area contributed by atoms with E-state index in [4.69, 9.17) is 26.8 Å². The molecule has 0 aliphatic heterocycles. The molecule has 4 aromatic heterocycles. The summed E-state index contributed by atoms with van der Waals surface area (Å²) in [6.07, 6.45) is -4.81. The number of nitrogens with zero attached hydrogens (tertiary/aromatic N) is 6. The van der Waals surface area contributed by atoms with E-state index in [9.17, 15) is 45.5 Å². The third-order valence-corrected chi connectivity index (χ3v) is 14.6. The first-order valence-corrected chi connectivity index (χ1v) is 25.9. The number of thiophene rings is 2.